The molecule has 140 valence electrons. The highest BCUT2D eigenvalue weighted by Gasteiger charge is 2.14. The minimum atomic E-state index is -3.39. The van der Waals surface area contributed by atoms with Crippen LogP contribution in [0, 0.1) is 0 Å². The number of rotatable bonds is 5. The van der Waals surface area contributed by atoms with Crippen molar-refractivity contribution in [2.45, 2.75) is 11.8 Å². The molecule has 0 bridgehead atoms. The number of thiophene rings is 1. The smallest absolute Gasteiger partial charge is 0.348 e. The first-order chi connectivity index (χ1) is 12.8. The Morgan fingerprint density at radius 2 is 1.89 bits per heavy atom. The van der Waals surface area contributed by atoms with Crippen molar-refractivity contribution in [3.05, 3.63) is 59.0 Å². The maximum absolute atomic E-state index is 12.5. The molecule has 0 radical (unpaired) electrons. The number of hydrogen-bond acceptors (Lipinski definition) is 6. The lowest BCUT2D eigenvalue weighted by Gasteiger charge is -2.07. The van der Waals surface area contributed by atoms with Crippen molar-refractivity contribution in [3.63, 3.8) is 0 Å². The fourth-order valence-corrected chi connectivity index (χ4v) is 4.10. The maximum atomic E-state index is 12.5. The highest BCUT2D eigenvalue weighted by molar-refractivity contribution is 7.90. The van der Waals surface area contributed by atoms with Crippen LogP contribution in [0.4, 0.5) is 5.69 Å². The molecule has 0 saturated carbocycles. The van der Waals surface area contributed by atoms with Gasteiger partial charge < -0.3 is 10.1 Å². The molecule has 3 aromatic rings. The molecule has 0 aliphatic rings. The summed E-state index contributed by atoms with van der Waals surface area (Å²) < 4.78 is 29.2. The van der Waals surface area contributed by atoms with Gasteiger partial charge in [-0.25, -0.2) is 13.2 Å². The summed E-state index contributed by atoms with van der Waals surface area (Å²) in [4.78, 5) is 24.9. The number of hydrogen-bond donors (Lipinski definition) is 1. The summed E-state index contributed by atoms with van der Waals surface area (Å²) >= 11 is 1.32. The molecule has 0 aliphatic heterocycles. The molecule has 0 atom stereocenters. The quantitative estimate of drug-likeness (QED) is 0.656. The van der Waals surface area contributed by atoms with E-state index in [0.29, 0.717) is 17.2 Å². The van der Waals surface area contributed by atoms with Gasteiger partial charge in [-0.15, -0.1) is 11.3 Å². The van der Waals surface area contributed by atoms with Gasteiger partial charge in [-0.2, -0.15) is 0 Å². The van der Waals surface area contributed by atoms with Crippen LogP contribution in [0.15, 0.2) is 53.4 Å². The fraction of sp³-hybridized carbons (Fsp3) is 0.158. The Hall–Kier alpha value is -2.71. The van der Waals surface area contributed by atoms with Crippen LogP contribution in [0.2, 0.25) is 0 Å². The van der Waals surface area contributed by atoms with Crippen molar-refractivity contribution in [2.24, 2.45) is 0 Å². The second-order valence-electron chi connectivity index (χ2n) is 5.84. The number of esters is 1. The van der Waals surface area contributed by atoms with Gasteiger partial charge in [0.2, 0.25) is 0 Å². The lowest BCUT2D eigenvalue weighted by Crippen LogP contribution is -2.12. The highest BCUT2D eigenvalue weighted by Crippen LogP contribution is 2.29. The van der Waals surface area contributed by atoms with Crippen LogP contribution in [0.5, 0.6) is 0 Å². The van der Waals surface area contributed by atoms with Crippen LogP contribution in [0.3, 0.4) is 0 Å². The molecule has 0 aliphatic carbocycles. The van der Waals surface area contributed by atoms with Gasteiger partial charge in [0.25, 0.3) is 5.91 Å². The third kappa shape index (κ3) is 4.35. The topological polar surface area (TPSA) is 89.5 Å². The summed E-state index contributed by atoms with van der Waals surface area (Å²) in [5.74, 6) is -0.789. The van der Waals surface area contributed by atoms with E-state index in [9.17, 15) is 18.0 Å². The van der Waals surface area contributed by atoms with Crippen LogP contribution in [0.25, 0.3) is 10.1 Å². The summed E-state index contributed by atoms with van der Waals surface area (Å²) in [6, 6.07) is 12.9. The Labute approximate surface area is 160 Å². The van der Waals surface area contributed by atoms with Crippen molar-refractivity contribution < 1.29 is 22.7 Å². The second kappa shape index (κ2) is 7.50. The summed E-state index contributed by atoms with van der Waals surface area (Å²) in [6.07, 6.45) is 1.09. The number of nitrogens with one attached hydrogen (secondary N) is 1. The number of amides is 1. The van der Waals surface area contributed by atoms with Crippen molar-refractivity contribution in [1.29, 1.82) is 0 Å². The molecular formula is C19H17NO5S2. The van der Waals surface area contributed by atoms with Gasteiger partial charge in [-0.1, -0.05) is 6.07 Å². The third-order valence-electron chi connectivity index (χ3n) is 3.78. The third-order valence-corrected chi connectivity index (χ3v) is 5.98. The minimum Gasteiger partial charge on any atom is -0.462 e. The van der Waals surface area contributed by atoms with E-state index in [0.717, 1.165) is 16.3 Å². The Bertz CT molecular complexity index is 1130. The highest BCUT2D eigenvalue weighted by atomic mass is 32.2. The predicted octanol–water partition coefficient (Wildman–Crippen LogP) is 3.73. The summed E-state index contributed by atoms with van der Waals surface area (Å²) in [6.45, 7) is 2.05. The van der Waals surface area contributed by atoms with Gasteiger partial charge in [-0.05, 0) is 54.8 Å². The van der Waals surface area contributed by atoms with E-state index in [2.05, 4.69) is 5.32 Å². The number of anilines is 1. The number of carbonyl (C=O) groups excluding carboxylic acids is 2. The largest absolute Gasteiger partial charge is 0.462 e. The molecule has 1 amide bonds. The number of benzene rings is 2. The summed E-state index contributed by atoms with van der Waals surface area (Å²) in [5.41, 5.74) is 0.793. The molecule has 2 aromatic carbocycles. The molecule has 27 heavy (non-hydrogen) atoms. The van der Waals surface area contributed by atoms with Crippen molar-refractivity contribution in [1.82, 2.24) is 0 Å². The Kier molecular flexibility index (Phi) is 5.29. The van der Waals surface area contributed by atoms with Gasteiger partial charge in [-0.3, -0.25) is 4.79 Å². The van der Waals surface area contributed by atoms with E-state index in [4.69, 9.17) is 4.74 Å². The van der Waals surface area contributed by atoms with Crippen LogP contribution in [0.1, 0.15) is 27.0 Å². The van der Waals surface area contributed by atoms with E-state index in [1.165, 1.54) is 29.5 Å². The van der Waals surface area contributed by atoms with Crippen molar-refractivity contribution in [2.75, 3.05) is 18.2 Å². The molecule has 1 heterocycles. The number of carbonyl (C=O) groups is 2. The molecule has 0 unspecified atom stereocenters. The molecule has 1 aromatic heterocycles. The minimum absolute atomic E-state index is 0.0857. The first-order valence-electron chi connectivity index (χ1n) is 8.10. The van der Waals surface area contributed by atoms with E-state index >= 15 is 0 Å². The first-order valence-corrected chi connectivity index (χ1v) is 10.8. The van der Waals surface area contributed by atoms with E-state index in [1.807, 2.05) is 6.07 Å². The van der Waals surface area contributed by atoms with Crippen LogP contribution < -0.4 is 5.32 Å². The van der Waals surface area contributed by atoms with Gasteiger partial charge in [0.05, 0.1) is 11.5 Å². The van der Waals surface area contributed by atoms with Gasteiger partial charge >= 0.3 is 5.97 Å². The normalized spacial score (nSPS) is 11.3. The lowest BCUT2D eigenvalue weighted by atomic mass is 10.2. The molecule has 3 rings (SSSR count). The average Bonchev–Trinajstić information content (AvgIpc) is 3.05. The maximum Gasteiger partial charge on any atom is 0.348 e. The second-order valence-corrected chi connectivity index (χ2v) is 8.94. The van der Waals surface area contributed by atoms with E-state index in [1.54, 1.807) is 31.2 Å². The monoisotopic (exact) mass is 403 g/mol. The van der Waals surface area contributed by atoms with Crippen LogP contribution >= 0.6 is 11.3 Å². The molecule has 8 heteroatoms. The Morgan fingerprint density at radius 1 is 1.11 bits per heavy atom. The van der Waals surface area contributed by atoms with Crippen LogP contribution in [-0.2, 0) is 14.6 Å². The Morgan fingerprint density at radius 3 is 2.59 bits per heavy atom. The molecule has 6 nitrogen and oxygen atoms in total. The molecule has 0 saturated heterocycles. The molecule has 0 fully saturated rings. The van der Waals surface area contributed by atoms with Gasteiger partial charge in [0, 0.05) is 22.2 Å². The zero-order valence-corrected chi connectivity index (χ0v) is 16.3. The first kappa shape index (κ1) is 19.1. The van der Waals surface area contributed by atoms with E-state index < -0.39 is 15.7 Å². The fourth-order valence-electron chi connectivity index (χ4n) is 2.50. The van der Waals surface area contributed by atoms with Crippen molar-refractivity contribution >= 4 is 48.8 Å². The number of ether oxygens (including phenoxy) is 1. The van der Waals surface area contributed by atoms with Gasteiger partial charge in [0.1, 0.15) is 4.88 Å². The molecule has 0 spiro atoms. The number of fused-ring (bicyclic) bond motifs is 1. The molecular weight excluding hydrogens is 386 g/mol. The SMILES string of the molecule is CCOC(=O)c1cc2cc(NC(=O)c3cccc(S(C)(=O)=O)c3)ccc2s1. The summed E-state index contributed by atoms with van der Waals surface area (Å²) in [7, 11) is -3.39. The zero-order chi connectivity index (χ0) is 19.6. The van der Waals surface area contributed by atoms with Crippen LogP contribution in [-0.4, -0.2) is 33.2 Å². The zero-order valence-electron chi connectivity index (χ0n) is 14.7. The molecule has 1 N–H and O–H groups in total. The summed E-state index contributed by atoms with van der Waals surface area (Å²) in [5, 5.41) is 3.56. The Balaban J connectivity index is 1.84. The van der Waals surface area contributed by atoms with Gasteiger partial charge in [0.15, 0.2) is 9.84 Å². The number of sulfone groups is 1. The lowest BCUT2D eigenvalue weighted by molar-refractivity contribution is 0.0532. The van der Waals surface area contributed by atoms with E-state index in [-0.39, 0.29) is 16.4 Å². The van der Waals surface area contributed by atoms with Crippen molar-refractivity contribution in [3.8, 4) is 0 Å². The average molecular weight is 403 g/mol. The predicted molar refractivity (Wildman–Crippen MR) is 105 cm³/mol. The standard InChI is InChI=1S/C19H17NO5S2/c1-3-25-19(22)17-11-13-9-14(7-8-16(13)26-17)20-18(21)12-5-4-6-15(10-12)27(2,23)24/h4-11H,3H2,1-2H3,(H,20,21).